The Kier molecular flexibility index (Phi) is 5.56. The molecule has 0 fully saturated rings. The topological polar surface area (TPSA) is 29.1 Å². The molecule has 2 heteroatoms. The van der Waals surface area contributed by atoms with Crippen molar-refractivity contribution < 1.29 is 4.79 Å². The minimum absolute atomic E-state index is 0.0989. The molecule has 0 unspecified atom stereocenters. The number of rotatable bonds is 6. The molecule has 21 heavy (non-hydrogen) atoms. The fourth-order valence-corrected chi connectivity index (χ4v) is 2.36. The van der Waals surface area contributed by atoms with Crippen molar-refractivity contribution in [2.75, 3.05) is 0 Å². The molecule has 2 aromatic rings. The molecular formula is C19H23NO. The van der Waals surface area contributed by atoms with Crippen LogP contribution in [0, 0.1) is 0 Å². The molecule has 0 aliphatic carbocycles. The summed E-state index contributed by atoms with van der Waals surface area (Å²) in [6.07, 6.45) is 1.94. The van der Waals surface area contributed by atoms with Crippen LogP contribution in [-0.4, -0.2) is 11.9 Å². The Morgan fingerprint density at radius 3 is 2.14 bits per heavy atom. The van der Waals surface area contributed by atoms with E-state index in [9.17, 15) is 4.79 Å². The molecule has 110 valence electrons. The molecule has 1 N–H and O–H groups in total. The van der Waals surface area contributed by atoms with Gasteiger partial charge in [0.25, 0.3) is 0 Å². The van der Waals surface area contributed by atoms with E-state index in [2.05, 4.69) is 36.5 Å². The third kappa shape index (κ3) is 4.75. The predicted molar refractivity (Wildman–Crippen MR) is 87.2 cm³/mol. The molecule has 0 heterocycles. The van der Waals surface area contributed by atoms with Gasteiger partial charge < -0.3 is 5.32 Å². The molecule has 2 rings (SSSR count). The van der Waals surface area contributed by atoms with Gasteiger partial charge in [0.15, 0.2) is 0 Å². The van der Waals surface area contributed by atoms with Crippen LogP contribution in [0.3, 0.4) is 0 Å². The van der Waals surface area contributed by atoms with Crippen LogP contribution in [0.1, 0.15) is 37.3 Å². The van der Waals surface area contributed by atoms with Gasteiger partial charge in [-0.1, -0.05) is 60.7 Å². The molecule has 0 aliphatic heterocycles. The van der Waals surface area contributed by atoms with Crippen molar-refractivity contribution in [1.82, 2.24) is 5.32 Å². The molecule has 0 saturated carbocycles. The van der Waals surface area contributed by atoms with Gasteiger partial charge in [0.1, 0.15) is 0 Å². The second-order valence-electron chi connectivity index (χ2n) is 5.57. The van der Waals surface area contributed by atoms with Gasteiger partial charge in [0.2, 0.25) is 5.91 Å². The van der Waals surface area contributed by atoms with Crippen LogP contribution in [0.15, 0.2) is 60.7 Å². The Morgan fingerprint density at radius 1 is 0.952 bits per heavy atom. The third-order valence-electron chi connectivity index (χ3n) is 3.79. The zero-order valence-electron chi connectivity index (χ0n) is 12.8. The first-order valence-electron chi connectivity index (χ1n) is 7.56. The minimum Gasteiger partial charge on any atom is -0.353 e. The predicted octanol–water partition coefficient (Wildman–Crippen LogP) is 3.93. The van der Waals surface area contributed by atoms with E-state index in [-0.39, 0.29) is 17.9 Å². The van der Waals surface area contributed by atoms with Crippen molar-refractivity contribution in [3.63, 3.8) is 0 Å². The normalized spacial score (nSPS) is 13.4. The van der Waals surface area contributed by atoms with Gasteiger partial charge in [-0.05, 0) is 37.8 Å². The van der Waals surface area contributed by atoms with E-state index >= 15 is 0 Å². The number of hydrogen-bond acceptors (Lipinski definition) is 1. The van der Waals surface area contributed by atoms with E-state index in [0.29, 0.717) is 0 Å². The standard InChI is InChI=1S/C19H23NO/c1-15(13-14-17-9-5-3-6-10-17)20-19(21)16(2)18-11-7-4-8-12-18/h3-12,15-16H,13-14H2,1-2H3,(H,20,21)/t15-,16-/m0/s1. The maximum absolute atomic E-state index is 12.3. The highest BCUT2D eigenvalue weighted by molar-refractivity contribution is 5.83. The summed E-state index contributed by atoms with van der Waals surface area (Å²) < 4.78 is 0. The van der Waals surface area contributed by atoms with Gasteiger partial charge in [-0.25, -0.2) is 0 Å². The summed E-state index contributed by atoms with van der Waals surface area (Å²) in [5, 5.41) is 3.11. The third-order valence-corrected chi connectivity index (χ3v) is 3.79. The first-order valence-corrected chi connectivity index (χ1v) is 7.56. The van der Waals surface area contributed by atoms with Crippen LogP contribution in [0.2, 0.25) is 0 Å². The zero-order chi connectivity index (χ0) is 15.1. The van der Waals surface area contributed by atoms with Gasteiger partial charge in [-0.3, -0.25) is 4.79 Å². The lowest BCUT2D eigenvalue weighted by atomic mass is 9.99. The van der Waals surface area contributed by atoms with E-state index in [4.69, 9.17) is 0 Å². The Hall–Kier alpha value is -2.09. The first-order chi connectivity index (χ1) is 10.2. The second kappa shape index (κ2) is 7.63. The molecule has 2 aromatic carbocycles. The molecule has 0 spiro atoms. The lowest BCUT2D eigenvalue weighted by Gasteiger charge is -2.18. The molecule has 0 saturated heterocycles. The lowest BCUT2D eigenvalue weighted by molar-refractivity contribution is -0.122. The van der Waals surface area contributed by atoms with Crippen LogP contribution in [0.25, 0.3) is 0 Å². The number of carbonyl (C=O) groups is 1. The molecule has 1 amide bonds. The Labute approximate surface area is 127 Å². The van der Waals surface area contributed by atoms with Crippen LogP contribution < -0.4 is 5.32 Å². The fraction of sp³-hybridized carbons (Fsp3) is 0.316. The Balaban J connectivity index is 1.82. The van der Waals surface area contributed by atoms with Crippen molar-refractivity contribution in [3.8, 4) is 0 Å². The summed E-state index contributed by atoms with van der Waals surface area (Å²) in [6.45, 7) is 4.02. The molecule has 2 atom stereocenters. The quantitative estimate of drug-likeness (QED) is 0.854. The van der Waals surface area contributed by atoms with E-state index in [1.54, 1.807) is 0 Å². The van der Waals surface area contributed by atoms with Gasteiger partial charge in [0, 0.05) is 6.04 Å². The maximum atomic E-state index is 12.3. The number of nitrogens with one attached hydrogen (secondary N) is 1. The van der Waals surface area contributed by atoms with Gasteiger partial charge >= 0.3 is 0 Å². The highest BCUT2D eigenvalue weighted by Gasteiger charge is 2.16. The summed E-state index contributed by atoms with van der Waals surface area (Å²) in [6, 6.07) is 20.5. The van der Waals surface area contributed by atoms with Crippen LogP contribution >= 0.6 is 0 Å². The molecule has 0 bridgehead atoms. The van der Waals surface area contributed by atoms with Crippen LogP contribution in [-0.2, 0) is 11.2 Å². The Bertz CT molecular complexity index is 550. The molecular weight excluding hydrogens is 258 g/mol. The second-order valence-corrected chi connectivity index (χ2v) is 5.57. The number of aryl methyl sites for hydroxylation is 1. The van der Waals surface area contributed by atoms with Gasteiger partial charge in [-0.2, -0.15) is 0 Å². The summed E-state index contributed by atoms with van der Waals surface area (Å²) >= 11 is 0. The van der Waals surface area contributed by atoms with Crippen molar-refractivity contribution in [3.05, 3.63) is 71.8 Å². The number of amides is 1. The molecule has 0 aliphatic rings. The van der Waals surface area contributed by atoms with Crippen molar-refractivity contribution in [1.29, 1.82) is 0 Å². The molecule has 0 aromatic heterocycles. The lowest BCUT2D eigenvalue weighted by Crippen LogP contribution is -2.35. The number of hydrogen-bond donors (Lipinski definition) is 1. The van der Waals surface area contributed by atoms with Crippen LogP contribution in [0.5, 0.6) is 0 Å². The summed E-state index contributed by atoms with van der Waals surface area (Å²) in [5.74, 6) is -0.00728. The van der Waals surface area contributed by atoms with Crippen molar-refractivity contribution in [2.45, 2.75) is 38.6 Å². The maximum Gasteiger partial charge on any atom is 0.227 e. The average Bonchev–Trinajstić information content (AvgIpc) is 2.54. The number of benzene rings is 2. The number of carbonyl (C=O) groups excluding carboxylic acids is 1. The summed E-state index contributed by atoms with van der Waals surface area (Å²) in [4.78, 5) is 12.3. The summed E-state index contributed by atoms with van der Waals surface area (Å²) in [5.41, 5.74) is 2.37. The van der Waals surface area contributed by atoms with Crippen LogP contribution in [0.4, 0.5) is 0 Å². The van der Waals surface area contributed by atoms with Crippen molar-refractivity contribution in [2.24, 2.45) is 0 Å². The SMILES string of the molecule is C[C@H](C(=O)N[C@@H](C)CCc1ccccc1)c1ccccc1. The average molecular weight is 281 g/mol. The summed E-state index contributed by atoms with van der Waals surface area (Å²) in [7, 11) is 0. The van der Waals surface area contributed by atoms with E-state index in [1.165, 1.54) is 5.56 Å². The minimum atomic E-state index is -0.106. The van der Waals surface area contributed by atoms with Gasteiger partial charge in [0.05, 0.1) is 5.92 Å². The largest absolute Gasteiger partial charge is 0.353 e. The monoisotopic (exact) mass is 281 g/mol. The van der Waals surface area contributed by atoms with E-state index in [0.717, 1.165) is 18.4 Å². The van der Waals surface area contributed by atoms with Gasteiger partial charge in [-0.15, -0.1) is 0 Å². The molecule has 0 radical (unpaired) electrons. The molecule has 2 nitrogen and oxygen atoms in total. The van der Waals surface area contributed by atoms with E-state index < -0.39 is 0 Å². The fourth-order valence-electron chi connectivity index (χ4n) is 2.36. The highest BCUT2D eigenvalue weighted by Crippen LogP contribution is 2.15. The Morgan fingerprint density at radius 2 is 1.52 bits per heavy atom. The first kappa shape index (κ1) is 15.3. The van der Waals surface area contributed by atoms with E-state index in [1.807, 2.05) is 43.3 Å². The highest BCUT2D eigenvalue weighted by atomic mass is 16.1. The smallest absolute Gasteiger partial charge is 0.227 e. The van der Waals surface area contributed by atoms with Crippen molar-refractivity contribution >= 4 is 5.91 Å². The zero-order valence-corrected chi connectivity index (χ0v) is 12.8.